The Bertz CT molecular complexity index is 7370. The third kappa shape index (κ3) is 10.0. The van der Waals surface area contributed by atoms with Gasteiger partial charge in [-0.05, 0) is 170 Å². The fourth-order valence-electron chi connectivity index (χ4n) is 17.6. The Balaban J connectivity index is 0.730. The summed E-state index contributed by atoms with van der Waals surface area (Å²) in [5.41, 5.74) is 27.0. The molecule has 22 rings (SSSR count). The number of hydrogen-bond acceptors (Lipinski definition) is 4. The Morgan fingerprint density at radius 3 is 1.35 bits per heavy atom. The van der Waals surface area contributed by atoms with Crippen molar-refractivity contribution in [2.75, 3.05) is 9.80 Å². The van der Waals surface area contributed by atoms with Crippen molar-refractivity contribution in [2.24, 2.45) is 0 Å². The van der Waals surface area contributed by atoms with Crippen LogP contribution in [-0.2, 0) is 0 Å². The Morgan fingerprint density at radius 2 is 0.664 bits per heavy atom. The molecule has 0 aliphatic heterocycles. The molecule has 4 heterocycles. The van der Waals surface area contributed by atoms with E-state index in [1.165, 1.54) is 16.3 Å². The highest BCUT2D eigenvalue weighted by Gasteiger charge is 2.29. The van der Waals surface area contributed by atoms with Gasteiger partial charge >= 0.3 is 0 Å². The SMILES string of the molecule is c1ccc(-c2ccc(N(c3cccc(-c4c(-n5c6ccccc6c6cc(-c7ccc(N(c8cccc(-c9ccccc9)c8)c8ccccc8-c8c(-n9c%10ccccc%10c%10ccccc%109)ccc9ccccc89)c8c7oc7ccccc78)ccc65)ccc5ccccc45)c3)c3cccc4c3oc3ccccc34)cc2)cc1. The molecule has 0 saturated carbocycles. The lowest BCUT2D eigenvalue weighted by atomic mass is 9.93. The molecule has 0 N–H and O–H groups in total. The number of rotatable bonds is 13. The molecule has 0 saturated heterocycles. The van der Waals surface area contributed by atoms with Crippen molar-refractivity contribution in [3.63, 3.8) is 0 Å². The van der Waals surface area contributed by atoms with Crippen LogP contribution < -0.4 is 9.80 Å². The molecule has 514 valence electrons. The van der Waals surface area contributed by atoms with Gasteiger partial charge in [0.25, 0.3) is 0 Å². The fraction of sp³-hybridized carbons (Fsp3) is 0. The number of fused-ring (bicyclic) bond motifs is 14. The predicted octanol–water partition coefficient (Wildman–Crippen LogP) is 29.3. The van der Waals surface area contributed by atoms with Crippen molar-refractivity contribution in [3.8, 4) is 67.0 Å². The van der Waals surface area contributed by atoms with Crippen molar-refractivity contribution in [3.05, 3.63) is 400 Å². The summed E-state index contributed by atoms with van der Waals surface area (Å²) in [5, 5.41) is 13.5. The van der Waals surface area contributed by atoms with Crippen molar-refractivity contribution in [1.82, 2.24) is 9.13 Å². The van der Waals surface area contributed by atoms with Gasteiger partial charge in [0.05, 0.1) is 55.9 Å². The van der Waals surface area contributed by atoms with Crippen LogP contribution in [-0.4, -0.2) is 9.13 Å². The number of hydrogen-bond donors (Lipinski definition) is 0. The van der Waals surface area contributed by atoms with E-state index in [9.17, 15) is 0 Å². The predicted molar refractivity (Wildman–Crippen MR) is 461 cm³/mol. The number of benzene rings is 18. The van der Waals surface area contributed by atoms with Gasteiger partial charge in [-0.3, -0.25) is 0 Å². The zero-order chi connectivity index (χ0) is 72.3. The van der Waals surface area contributed by atoms with Gasteiger partial charge in [0.2, 0.25) is 0 Å². The van der Waals surface area contributed by atoms with Gasteiger partial charge in [0.1, 0.15) is 16.7 Å². The van der Waals surface area contributed by atoms with Crippen molar-refractivity contribution >= 4 is 143 Å². The molecule has 0 radical (unpaired) electrons. The van der Waals surface area contributed by atoms with Gasteiger partial charge in [-0.25, -0.2) is 0 Å². The highest BCUT2D eigenvalue weighted by molar-refractivity contribution is 6.20. The lowest BCUT2D eigenvalue weighted by Gasteiger charge is -2.30. The molecule has 6 nitrogen and oxygen atoms in total. The number of aromatic nitrogens is 2. The smallest absolute Gasteiger partial charge is 0.159 e. The normalized spacial score (nSPS) is 11.8. The second kappa shape index (κ2) is 25.5. The Hall–Kier alpha value is -14.7. The van der Waals surface area contributed by atoms with Gasteiger partial charge in [-0.2, -0.15) is 0 Å². The van der Waals surface area contributed by atoms with Crippen LogP contribution in [0.3, 0.4) is 0 Å². The third-order valence-electron chi connectivity index (χ3n) is 22.5. The summed E-state index contributed by atoms with van der Waals surface area (Å²) in [4.78, 5) is 4.85. The summed E-state index contributed by atoms with van der Waals surface area (Å²) in [6.45, 7) is 0. The molecular formula is C104H66N4O2. The van der Waals surface area contributed by atoms with Crippen molar-refractivity contribution in [2.45, 2.75) is 0 Å². The Kier molecular flexibility index (Phi) is 14.5. The maximum absolute atomic E-state index is 7.39. The van der Waals surface area contributed by atoms with E-state index in [4.69, 9.17) is 8.83 Å². The molecule has 0 aliphatic rings. The second-order valence-electron chi connectivity index (χ2n) is 28.6. The highest BCUT2D eigenvalue weighted by atomic mass is 16.3. The summed E-state index contributed by atoms with van der Waals surface area (Å²) < 4.78 is 19.2. The molecule has 0 fully saturated rings. The average molecular weight is 1400 g/mol. The fourth-order valence-corrected chi connectivity index (χ4v) is 17.6. The highest BCUT2D eigenvalue weighted by Crippen LogP contribution is 2.53. The topological polar surface area (TPSA) is 42.6 Å². The summed E-state index contributed by atoms with van der Waals surface area (Å²) in [6, 6.07) is 146. The van der Waals surface area contributed by atoms with Crippen LogP contribution in [0.15, 0.2) is 409 Å². The number of anilines is 6. The minimum Gasteiger partial charge on any atom is -0.455 e. The molecular weight excluding hydrogens is 1340 g/mol. The van der Waals surface area contributed by atoms with E-state index >= 15 is 0 Å². The van der Waals surface area contributed by atoms with Gasteiger partial charge < -0.3 is 27.8 Å². The minimum absolute atomic E-state index is 0.805. The quantitative estimate of drug-likeness (QED) is 0.115. The summed E-state index contributed by atoms with van der Waals surface area (Å²) in [6.07, 6.45) is 0. The van der Waals surface area contributed by atoms with Crippen molar-refractivity contribution in [1.29, 1.82) is 0 Å². The van der Waals surface area contributed by atoms with E-state index in [1.54, 1.807) is 0 Å². The first-order valence-corrected chi connectivity index (χ1v) is 37.6. The summed E-state index contributed by atoms with van der Waals surface area (Å²) in [7, 11) is 0. The zero-order valence-corrected chi connectivity index (χ0v) is 59.7. The average Bonchev–Trinajstić information content (AvgIpc) is 1.47. The molecule has 0 atom stereocenters. The van der Waals surface area contributed by atoms with Gasteiger partial charge in [-0.1, -0.05) is 285 Å². The first kappa shape index (κ1) is 62.6. The van der Waals surface area contributed by atoms with Crippen LogP contribution in [0, 0.1) is 0 Å². The maximum atomic E-state index is 7.39. The number of nitrogens with zero attached hydrogens (tertiary/aromatic N) is 4. The molecule has 0 spiro atoms. The van der Waals surface area contributed by atoms with Crippen LogP contribution >= 0.6 is 0 Å². The van der Waals surface area contributed by atoms with Crippen LogP contribution in [0.25, 0.3) is 176 Å². The summed E-state index contributed by atoms with van der Waals surface area (Å²) in [5.74, 6) is 0. The van der Waals surface area contributed by atoms with E-state index in [0.717, 1.165) is 194 Å². The maximum Gasteiger partial charge on any atom is 0.159 e. The molecule has 0 amide bonds. The molecule has 0 bridgehead atoms. The molecule has 110 heavy (non-hydrogen) atoms. The van der Waals surface area contributed by atoms with E-state index in [1.807, 2.05) is 6.07 Å². The molecule has 0 aliphatic carbocycles. The lowest BCUT2D eigenvalue weighted by Crippen LogP contribution is -2.12. The first-order valence-electron chi connectivity index (χ1n) is 37.6. The molecule has 4 aromatic heterocycles. The second-order valence-corrected chi connectivity index (χ2v) is 28.6. The monoisotopic (exact) mass is 1400 g/mol. The number of furan rings is 2. The van der Waals surface area contributed by atoms with E-state index in [2.05, 4.69) is 413 Å². The van der Waals surface area contributed by atoms with Crippen LogP contribution in [0.2, 0.25) is 0 Å². The molecule has 18 aromatic carbocycles. The van der Waals surface area contributed by atoms with Gasteiger partial charge in [-0.15, -0.1) is 0 Å². The Morgan fingerprint density at radius 1 is 0.209 bits per heavy atom. The minimum atomic E-state index is 0.805. The van der Waals surface area contributed by atoms with E-state index in [-0.39, 0.29) is 0 Å². The molecule has 0 unspecified atom stereocenters. The first-order chi connectivity index (χ1) is 54.6. The van der Waals surface area contributed by atoms with Crippen molar-refractivity contribution < 1.29 is 8.83 Å². The lowest BCUT2D eigenvalue weighted by molar-refractivity contribution is 0.669. The molecule has 22 aromatic rings. The van der Waals surface area contributed by atoms with Crippen LogP contribution in [0.1, 0.15) is 0 Å². The van der Waals surface area contributed by atoms with Gasteiger partial charge in [0, 0.05) is 77.0 Å². The van der Waals surface area contributed by atoms with E-state index < -0.39 is 0 Å². The van der Waals surface area contributed by atoms with Crippen LogP contribution in [0.5, 0.6) is 0 Å². The molecule has 6 heteroatoms. The van der Waals surface area contributed by atoms with E-state index in [0.29, 0.717) is 0 Å². The van der Waals surface area contributed by atoms with Gasteiger partial charge in [0.15, 0.2) is 5.58 Å². The summed E-state index contributed by atoms with van der Waals surface area (Å²) >= 11 is 0. The zero-order valence-electron chi connectivity index (χ0n) is 59.7. The number of para-hydroxylation sites is 7. The standard InChI is InChI=1S/C104H66N4O2/c1-3-26-67(27-4-1)69-52-57-75(58-53-69)105(97-49-25-44-85-84-41-15-21-50-98(84)109-103(85)97)76-34-24-33-74(65-76)100-78-36-9-7-30-70(78)54-61-94(100)108-91-47-19-13-40-83(91)88-66-73(56-60-93(88)108)80-59-63-96(102-87-43-16-22-51-99(87)110-104(80)102)106(77-35-23-32-72(64-77)68-28-5-2-6-29-68)92-48-20-14-42-86(92)101-79-37-10-8-31-71(79)55-62-95(101)107-89-45-17-11-38-81(89)82-39-12-18-46-90(82)107/h1-66H. The van der Waals surface area contributed by atoms with Crippen LogP contribution in [0.4, 0.5) is 34.1 Å². The largest absolute Gasteiger partial charge is 0.455 e. The third-order valence-corrected chi connectivity index (χ3v) is 22.5. The Labute approximate surface area is 634 Å².